The van der Waals surface area contributed by atoms with Gasteiger partial charge in [-0.3, -0.25) is 0 Å². The molecule has 6 nitrogen and oxygen atoms in total. The standard InChI is InChI=1S/C68H36N6S2/c69-37-49-50(38-70)64(74-56-30-14-6-24-48(56)62-58(74)36-34-46-44-22-8-16-32-60(44)76-68(46)62)66(72-53-27-11-3-19-41(53)42-20-4-12-28-54(42)72)65(71-51-25-9-1-17-39(51)40-18-2-10-26-52(40)71)63(49)73-55-29-13-5-23-47(55)61-57(73)35-33-45-43-21-7-15-31-59(43)75-67(45)61/h1-36H. The van der Waals surface area contributed by atoms with Crippen LogP contribution in [0.2, 0.25) is 0 Å². The number of hydrogen-bond acceptors (Lipinski definition) is 4. The lowest BCUT2D eigenvalue weighted by atomic mass is 9.98. The van der Waals surface area contributed by atoms with E-state index in [0.717, 1.165) is 98.6 Å². The summed E-state index contributed by atoms with van der Waals surface area (Å²) in [7, 11) is 0. The highest BCUT2D eigenvalue weighted by molar-refractivity contribution is 7.27. The molecule has 0 aliphatic carbocycles. The van der Waals surface area contributed by atoms with Crippen LogP contribution < -0.4 is 0 Å². The fourth-order valence-electron chi connectivity index (χ4n) is 13.1. The molecule has 76 heavy (non-hydrogen) atoms. The van der Waals surface area contributed by atoms with Crippen LogP contribution in [0.3, 0.4) is 0 Å². The van der Waals surface area contributed by atoms with Gasteiger partial charge in [0.25, 0.3) is 0 Å². The smallest absolute Gasteiger partial charge is 0.103 e. The van der Waals surface area contributed by atoms with Gasteiger partial charge in [0.1, 0.15) is 12.1 Å². The van der Waals surface area contributed by atoms with Crippen LogP contribution in [0.25, 0.3) is 150 Å². The maximum absolute atomic E-state index is 12.4. The molecule has 0 unspecified atom stereocenters. The van der Waals surface area contributed by atoms with Crippen LogP contribution >= 0.6 is 22.7 Å². The van der Waals surface area contributed by atoms with Crippen molar-refractivity contribution in [3.05, 3.63) is 230 Å². The maximum atomic E-state index is 12.4. The average molecular weight is 1000 g/mol. The van der Waals surface area contributed by atoms with E-state index >= 15 is 0 Å². The molecule has 0 fully saturated rings. The van der Waals surface area contributed by atoms with Gasteiger partial charge in [-0.25, -0.2) is 0 Å². The van der Waals surface area contributed by atoms with Gasteiger partial charge in [0.15, 0.2) is 0 Å². The lowest BCUT2D eigenvalue weighted by Crippen LogP contribution is -2.17. The molecule has 0 aliphatic rings. The number of rotatable bonds is 4. The monoisotopic (exact) mass is 1000 g/mol. The van der Waals surface area contributed by atoms with Crippen LogP contribution in [0.5, 0.6) is 0 Å². The van der Waals surface area contributed by atoms with Crippen LogP contribution in [-0.4, -0.2) is 18.3 Å². The Bertz CT molecular complexity index is 5070. The Hall–Kier alpha value is -9.96. The van der Waals surface area contributed by atoms with E-state index in [-0.39, 0.29) is 11.1 Å². The summed E-state index contributed by atoms with van der Waals surface area (Å²) >= 11 is 3.61. The quantitative estimate of drug-likeness (QED) is 0.176. The first-order valence-corrected chi connectivity index (χ1v) is 27.0. The minimum absolute atomic E-state index is 0.284. The molecule has 0 saturated carbocycles. The van der Waals surface area contributed by atoms with Crippen LogP contribution in [0.1, 0.15) is 11.1 Å². The Kier molecular flexibility index (Phi) is 8.36. The molecule has 6 aromatic heterocycles. The summed E-state index contributed by atoms with van der Waals surface area (Å²) in [6.45, 7) is 0. The Labute approximate surface area is 440 Å². The van der Waals surface area contributed by atoms with Crippen molar-refractivity contribution in [1.29, 1.82) is 10.5 Å². The maximum Gasteiger partial charge on any atom is 0.103 e. The number of para-hydroxylation sites is 6. The molecular formula is C68H36N6S2. The molecule has 0 saturated heterocycles. The van der Waals surface area contributed by atoms with Crippen molar-refractivity contribution in [3.63, 3.8) is 0 Å². The third kappa shape index (κ3) is 5.26. The first-order chi connectivity index (χ1) is 37.7. The van der Waals surface area contributed by atoms with Crippen molar-refractivity contribution in [2.24, 2.45) is 0 Å². The van der Waals surface area contributed by atoms with E-state index in [0.29, 0.717) is 11.4 Å². The Morgan fingerprint density at radius 1 is 0.250 bits per heavy atom. The van der Waals surface area contributed by atoms with Gasteiger partial charge in [-0.2, -0.15) is 10.5 Å². The van der Waals surface area contributed by atoms with Gasteiger partial charge >= 0.3 is 0 Å². The molecule has 0 spiro atoms. The van der Waals surface area contributed by atoms with Crippen molar-refractivity contribution in [1.82, 2.24) is 18.3 Å². The topological polar surface area (TPSA) is 67.3 Å². The zero-order chi connectivity index (χ0) is 49.9. The molecule has 17 aromatic rings. The van der Waals surface area contributed by atoms with Crippen molar-refractivity contribution < 1.29 is 0 Å². The van der Waals surface area contributed by atoms with E-state index in [2.05, 4.69) is 249 Å². The SMILES string of the molecule is N#Cc1c(C#N)c(-n2c3ccccc3c3c4sc5ccccc5c4ccc32)c(-n2c3ccccc3c3ccccc32)c(-n2c3ccccc3c3ccccc32)c1-n1c2ccccc2c2c3sc4ccccc4c3ccc21. The summed E-state index contributed by atoms with van der Waals surface area (Å²) in [5, 5.41) is 38.3. The van der Waals surface area contributed by atoms with Crippen LogP contribution in [0.4, 0.5) is 0 Å². The van der Waals surface area contributed by atoms with E-state index in [1.54, 1.807) is 22.7 Å². The second kappa shape index (κ2) is 15.3. The number of hydrogen-bond donors (Lipinski definition) is 0. The van der Waals surface area contributed by atoms with Gasteiger partial charge in [-0.15, -0.1) is 22.7 Å². The summed E-state index contributed by atoms with van der Waals surface area (Å²) in [6, 6.07) is 83.5. The molecule has 8 heteroatoms. The lowest BCUT2D eigenvalue weighted by Gasteiger charge is -2.27. The molecule has 0 aliphatic heterocycles. The van der Waals surface area contributed by atoms with Crippen molar-refractivity contribution in [2.75, 3.05) is 0 Å². The number of fused-ring (bicyclic) bond motifs is 20. The zero-order valence-electron chi connectivity index (χ0n) is 40.3. The van der Waals surface area contributed by atoms with Crippen LogP contribution in [0, 0.1) is 22.7 Å². The van der Waals surface area contributed by atoms with Gasteiger partial charge in [0.2, 0.25) is 0 Å². The number of benzene rings is 11. The first kappa shape index (κ1) is 41.5. The molecule has 17 rings (SSSR count). The van der Waals surface area contributed by atoms with E-state index in [4.69, 9.17) is 0 Å². The van der Waals surface area contributed by atoms with Gasteiger partial charge in [-0.1, -0.05) is 158 Å². The molecule has 0 N–H and O–H groups in total. The fraction of sp³-hybridized carbons (Fsp3) is 0. The van der Waals surface area contributed by atoms with Gasteiger partial charge in [-0.05, 0) is 60.7 Å². The van der Waals surface area contributed by atoms with E-state index in [9.17, 15) is 10.5 Å². The number of nitrogens with zero attached hydrogens (tertiary/aromatic N) is 6. The molecular weight excluding hydrogens is 965 g/mol. The number of aromatic nitrogens is 4. The van der Waals surface area contributed by atoms with Crippen LogP contribution in [-0.2, 0) is 0 Å². The molecule has 0 amide bonds. The highest BCUT2D eigenvalue weighted by atomic mass is 32.1. The second-order valence-corrected chi connectivity index (χ2v) is 21.8. The normalized spacial score (nSPS) is 12.2. The predicted molar refractivity (Wildman–Crippen MR) is 319 cm³/mol. The average Bonchev–Trinajstić information content (AvgIpc) is 4.44. The molecule has 0 bridgehead atoms. The number of nitriles is 2. The lowest BCUT2D eigenvalue weighted by molar-refractivity contribution is 1.01. The van der Waals surface area contributed by atoms with Gasteiger partial charge < -0.3 is 18.3 Å². The van der Waals surface area contributed by atoms with Crippen LogP contribution in [0.15, 0.2) is 218 Å². The Morgan fingerprint density at radius 3 is 0.868 bits per heavy atom. The number of thiophene rings is 2. The summed E-state index contributed by atoms with van der Waals surface area (Å²) < 4.78 is 14.2. The summed E-state index contributed by atoms with van der Waals surface area (Å²) in [6.07, 6.45) is 0. The highest BCUT2D eigenvalue weighted by Crippen LogP contribution is 2.52. The van der Waals surface area contributed by atoms with E-state index in [1.807, 2.05) is 0 Å². The third-order valence-electron chi connectivity index (χ3n) is 16.0. The first-order valence-electron chi connectivity index (χ1n) is 25.4. The predicted octanol–water partition coefficient (Wildman–Crippen LogP) is 18.6. The second-order valence-electron chi connectivity index (χ2n) is 19.7. The third-order valence-corrected chi connectivity index (χ3v) is 18.4. The molecule has 0 radical (unpaired) electrons. The van der Waals surface area contributed by atoms with E-state index in [1.165, 1.54) is 40.3 Å². The summed E-state index contributed by atoms with van der Waals surface area (Å²) in [5.74, 6) is 0. The minimum Gasteiger partial charge on any atom is -0.306 e. The van der Waals surface area contributed by atoms with Crippen molar-refractivity contribution >= 4 is 150 Å². The Morgan fingerprint density at radius 2 is 0.526 bits per heavy atom. The highest BCUT2D eigenvalue weighted by Gasteiger charge is 2.35. The molecule has 350 valence electrons. The molecule has 6 heterocycles. The Balaban J connectivity index is 1.19. The van der Waals surface area contributed by atoms with Crippen molar-refractivity contribution in [3.8, 4) is 34.9 Å². The largest absolute Gasteiger partial charge is 0.306 e. The van der Waals surface area contributed by atoms with Gasteiger partial charge in [0, 0.05) is 83.4 Å². The summed E-state index contributed by atoms with van der Waals surface area (Å²) in [5.41, 5.74) is 11.1. The van der Waals surface area contributed by atoms with Crippen molar-refractivity contribution in [2.45, 2.75) is 0 Å². The van der Waals surface area contributed by atoms with Gasteiger partial charge in [0.05, 0.1) is 78.0 Å². The summed E-state index contributed by atoms with van der Waals surface area (Å²) in [4.78, 5) is 0. The molecule has 11 aromatic carbocycles. The molecule has 0 atom stereocenters. The fourth-order valence-corrected chi connectivity index (χ4v) is 15.6. The minimum atomic E-state index is 0.284. The van der Waals surface area contributed by atoms with E-state index < -0.39 is 0 Å². The zero-order valence-corrected chi connectivity index (χ0v) is 41.9.